The number of nitrogens with zero attached hydrogens (tertiary/aromatic N) is 2. The largest absolute Gasteiger partial charge is 0.497 e. The lowest BCUT2D eigenvalue weighted by Gasteiger charge is -2.09. The number of fused-ring (bicyclic) bond motifs is 1. The van der Waals surface area contributed by atoms with Gasteiger partial charge in [0.15, 0.2) is 5.70 Å². The van der Waals surface area contributed by atoms with Crippen molar-refractivity contribution >= 4 is 52.2 Å². The number of aliphatic imine (C=N–C) groups is 1. The molecule has 33 heavy (non-hydrogen) atoms. The Hall–Kier alpha value is -3.61. The van der Waals surface area contributed by atoms with Gasteiger partial charge >= 0.3 is 5.97 Å². The van der Waals surface area contributed by atoms with Crippen molar-refractivity contribution < 1.29 is 14.3 Å². The maximum atomic E-state index is 12.6. The van der Waals surface area contributed by atoms with E-state index in [1.807, 2.05) is 78.9 Å². The fraction of sp³-hybridized carbons (Fsp3) is 0.0385. The summed E-state index contributed by atoms with van der Waals surface area (Å²) >= 11 is 7.51. The zero-order valence-electron chi connectivity index (χ0n) is 17.5. The Balaban J connectivity index is 1.60. The van der Waals surface area contributed by atoms with E-state index in [1.54, 1.807) is 13.2 Å². The fourth-order valence-electron chi connectivity index (χ4n) is 3.33. The van der Waals surface area contributed by atoms with E-state index in [4.69, 9.17) is 26.1 Å². The number of halogens is 1. The number of pyridine rings is 1. The van der Waals surface area contributed by atoms with E-state index in [0.717, 1.165) is 37.7 Å². The van der Waals surface area contributed by atoms with Gasteiger partial charge in [-0.3, -0.25) is 0 Å². The second-order valence-electron chi connectivity index (χ2n) is 7.20. The number of carbonyl (C=O) groups excluding carboxylic acids is 1. The Labute approximate surface area is 199 Å². The molecular weight excluding hydrogens is 456 g/mol. The SMILES string of the molecule is COc1ccc2cc(/C=C3\N=C(c4ccccc4)OC3=O)c(Sc3ccc(Cl)cc3)nc2c1. The zero-order chi connectivity index (χ0) is 22.8. The molecule has 0 unspecified atom stereocenters. The van der Waals surface area contributed by atoms with Crippen LogP contribution in [0.3, 0.4) is 0 Å². The van der Waals surface area contributed by atoms with Gasteiger partial charge in [0.25, 0.3) is 0 Å². The summed E-state index contributed by atoms with van der Waals surface area (Å²) < 4.78 is 10.8. The van der Waals surface area contributed by atoms with Gasteiger partial charge in [0.05, 0.1) is 12.6 Å². The first-order valence-electron chi connectivity index (χ1n) is 10.1. The van der Waals surface area contributed by atoms with E-state index >= 15 is 0 Å². The summed E-state index contributed by atoms with van der Waals surface area (Å²) in [6, 6.07) is 24.5. The van der Waals surface area contributed by atoms with Gasteiger partial charge in [-0.25, -0.2) is 14.8 Å². The number of methoxy groups -OCH3 is 1. The molecule has 1 aliphatic rings. The van der Waals surface area contributed by atoms with Gasteiger partial charge in [-0.05, 0) is 60.7 Å². The third-order valence-electron chi connectivity index (χ3n) is 4.98. The molecule has 0 spiro atoms. The first-order valence-corrected chi connectivity index (χ1v) is 11.3. The third kappa shape index (κ3) is 4.62. The minimum atomic E-state index is -0.494. The molecule has 5 rings (SSSR count). The third-order valence-corrected chi connectivity index (χ3v) is 6.26. The summed E-state index contributed by atoms with van der Waals surface area (Å²) in [7, 11) is 1.62. The van der Waals surface area contributed by atoms with Crippen molar-refractivity contribution in [1.29, 1.82) is 0 Å². The Morgan fingerprint density at radius 1 is 1.00 bits per heavy atom. The van der Waals surface area contributed by atoms with E-state index in [0.29, 0.717) is 5.02 Å². The lowest BCUT2D eigenvalue weighted by molar-refractivity contribution is -0.129. The van der Waals surface area contributed by atoms with Gasteiger partial charge in [-0.2, -0.15) is 0 Å². The molecule has 0 radical (unpaired) electrons. The molecule has 0 saturated carbocycles. The van der Waals surface area contributed by atoms with Crippen LogP contribution in [0.5, 0.6) is 5.75 Å². The van der Waals surface area contributed by atoms with Crippen molar-refractivity contribution in [3.05, 3.63) is 101 Å². The number of carbonyl (C=O) groups is 1. The van der Waals surface area contributed by atoms with Crippen LogP contribution in [0.25, 0.3) is 17.0 Å². The van der Waals surface area contributed by atoms with Crippen LogP contribution in [0.2, 0.25) is 5.02 Å². The highest BCUT2D eigenvalue weighted by atomic mass is 35.5. The molecule has 0 amide bonds. The van der Waals surface area contributed by atoms with E-state index in [2.05, 4.69) is 4.99 Å². The van der Waals surface area contributed by atoms with Crippen LogP contribution in [-0.4, -0.2) is 24.0 Å². The van der Waals surface area contributed by atoms with Crippen LogP contribution < -0.4 is 4.74 Å². The number of ether oxygens (including phenoxy) is 2. The molecule has 1 aliphatic heterocycles. The number of benzene rings is 3. The maximum Gasteiger partial charge on any atom is 0.363 e. The van der Waals surface area contributed by atoms with Crippen molar-refractivity contribution in [1.82, 2.24) is 4.98 Å². The van der Waals surface area contributed by atoms with Crippen molar-refractivity contribution in [2.45, 2.75) is 9.92 Å². The Morgan fingerprint density at radius 3 is 2.55 bits per heavy atom. The molecular formula is C26H17ClN2O3S. The average Bonchev–Trinajstić information content (AvgIpc) is 3.21. The molecule has 0 fully saturated rings. The molecule has 0 aliphatic carbocycles. The number of aromatic nitrogens is 1. The topological polar surface area (TPSA) is 60.8 Å². The molecule has 0 bridgehead atoms. The highest BCUT2D eigenvalue weighted by Crippen LogP contribution is 2.34. The average molecular weight is 473 g/mol. The van der Waals surface area contributed by atoms with Gasteiger partial charge in [0.1, 0.15) is 10.8 Å². The van der Waals surface area contributed by atoms with Crippen molar-refractivity contribution in [3.63, 3.8) is 0 Å². The number of esters is 1. The van der Waals surface area contributed by atoms with Gasteiger partial charge in [-0.1, -0.05) is 41.6 Å². The number of hydrogen-bond donors (Lipinski definition) is 0. The van der Waals surface area contributed by atoms with E-state index in [9.17, 15) is 4.79 Å². The van der Waals surface area contributed by atoms with Crippen molar-refractivity contribution in [2.75, 3.05) is 7.11 Å². The zero-order valence-corrected chi connectivity index (χ0v) is 19.1. The van der Waals surface area contributed by atoms with Gasteiger partial charge in [-0.15, -0.1) is 0 Å². The predicted octanol–water partition coefficient (Wildman–Crippen LogP) is 6.39. The smallest absolute Gasteiger partial charge is 0.363 e. The summed E-state index contributed by atoms with van der Waals surface area (Å²) in [5.74, 6) is 0.517. The quantitative estimate of drug-likeness (QED) is 0.248. The van der Waals surface area contributed by atoms with Crippen LogP contribution in [0, 0.1) is 0 Å². The molecule has 0 saturated heterocycles. The Morgan fingerprint density at radius 2 is 1.79 bits per heavy atom. The molecule has 2 heterocycles. The van der Waals surface area contributed by atoms with E-state index in [-0.39, 0.29) is 11.6 Å². The van der Waals surface area contributed by atoms with Crippen LogP contribution in [0.15, 0.2) is 99.5 Å². The lowest BCUT2D eigenvalue weighted by atomic mass is 10.1. The molecule has 162 valence electrons. The van der Waals surface area contributed by atoms with Gasteiger partial charge < -0.3 is 9.47 Å². The number of rotatable bonds is 5. The summed E-state index contributed by atoms with van der Waals surface area (Å²) in [5, 5.41) is 2.30. The number of hydrogen-bond acceptors (Lipinski definition) is 6. The van der Waals surface area contributed by atoms with Crippen LogP contribution in [0.4, 0.5) is 0 Å². The molecule has 0 atom stereocenters. The summed E-state index contributed by atoms with van der Waals surface area (Å²) in [6.07, 6.45) is 1.72. The maximum absolute atomic E-state index is 12.6. The minimum Gasteiger partial charge on any atom is -0.497 e. The highest BCUT2D eigenvalue weighted by Gasteiger charge is 2.24. The normalized spacial score (nSPS) is 14.4. The predicted molar refractivity (Wildman–Crippen MR) is 131 cm³/mol. The van der Waals surface area contributed by atoms with Crippen LogP contribution in [-0.2, 0) is 9.53 Å². The second-order valence-corrected chi connectivity index (χ2v) is 8.70. The monoisotopic (exact) mass is 472 g/mol. The van der Waals surface area contributed by atoms with Crippen LogP contribution >= 0.6 is 23.4 Å². The van der Waals surface area contributed by atoms with Gasteiger partial charge in [0, 0.05) is 32.5 Å². The molecule has 0 N–H and O–H groups in total. The Bertz CT molecular complexity index is 1420. The van der Waals surface area contributed by atoms with Crippen molar-refractivity contribution in [2.24, 2.45) is 4.99 Å². The Kier molecular flexibility index (Phi) is 5.86. The van der Waals surface area contributed by atoms with Gasteiger partial charge in [0.2, 0.25) is 5.90 Å². The fourth-order valence-corrected chi connectivity index (χ4v) is 4.33. The van der Waals surface area contributed by atoms with Crippen LogP contribution in [0.1, 0.15) is 11.1 Å². The minimum absolute atomic E-state index is 0.224. The second kappa shape index (κ2) is 9.10. The summed E-state index contributed by atoms with van der Waals surface area (Å²) in [6.45, 7) is 0. The standard InChI is InChI=1S/C26H17ClN2O3S/c1-31-20-10-7-17-13-18(14-23-26(30)32-24(28-23)16-5-3-2-4-6-16)25(29-22(17)15-20)33-21-11-8-19(27)9-12-21/h2-15H,1H3/b23-14-. The van der Waals surface area contributed by atoms with E-state index < -0.39 is 5.97 Å². The molecule has 7 heteroatoms. The highest BCUT2D eigenvalue weighted by molar-refractivity contribution is 7.99. The van der Waals surface area contributed by atoms with Crippen molar-refractivity contribution in [3.8, 4) is 5.75 Å². The lowest BCUT2D eigenvalue weighted by Crippen LogP contribution is -2.05. The summed E-state index contributed by atoms with van der Waals surface area (Å²) in [4.78, 5) is 22.8. The molecule has 5 nitrogen and oxygen atoms in total. The molecule has 1 aromatic heterocycles. The first-order chi connectivity index (χ1) is 16.1. The molecule has 4 aromatic rings. The first kappa shape index (κ1) is 21.2. The molecule has 3 aromatic carbocycles. The summed E-state index contributed by atoms with van der Waals surface area (Å²) in [5.41, 5.74) is 2.52. The van der Waals surface area contributed by atoms with E-state index in [1.165, 1.54) is 11.8 Å². The number of cyclic esters (lactones) is 1.